The summed E-state index contributed by atoms with van der Waals surface area (Å²) in [6.45, 7) is 0. The van der Waals surface area contributed by atoms with Gasteiger partial charge in [0.05, 0.1) is 18.6 Å². The average molecular weight is 309 g/mol. The van der Waals surface area contributed by atoms with Crippen molar-refractivity contribution in [3.8, 4) is 5.75 Å². The van der Waals surface area contributed by atoms with E-state index in [2.05, 4.69) is 17.4 Å². The van der Waals surface area contributed by atoms with Gasteiger partial charge >= 0.3 is 0 Å². The van der Waals surface area contributed by atoms with Gasteiger partial charge in [-0.3, -0.25) is 0 Å². The first-order valence-electron chi connectivity index (χ1n) is 7.71. The molecule has 1 N–H and O–H groups in total. The van der Waals surface area contributed by atoms with Crippen LogP contribution in [0, 0.1) is 0 Å². The summed E-state index contributed by atoms with van der Waals surface area (Å²) in [4.78, 5) is 0. The van der Waals surface area contributed by atoms with E-state index in [1.165, 1.54) is 11.1 Å². The van der Waals surface area contributed by atoms with Crippen molar-refractivity contribution >= 4 is 9.84 Å². The minimum atomic E-state index is -2.85. The SMILES string of the molecule is COc1ccc2c(c1)CCCC2NC1CCCS(=O)(=O)C1. The third kappa shape index (κ3) is 3.40. The maximum Gasteiger partial charge on any atom is 0.151 e. The Hall–Kier alpha value is -1.07. The van der Waals surface area contributed by atoms with Gasteiger partial charge in [0, 0.05) is 12.1 Å². The fraction of sp³-hybridized carbons (Fsp3) is 0.625. The molecular formula is C16H23NO3S. The lowest BCUT2D eigenvalue weighted by atomic mass is 9.87. The van der Waals surface area contributed by atoms with E-state index in [9.17, 15) is 8.42 Å². The van der Waals surface area contributed by atoms with Gasteiger partial charge < -0.3 is 10.1 Å². The van der Waals surface area contributed by atoms with Crippen LogP contribution in [0.25, 0.3) is 0 Å². The summed E-state index contributed by atoms with van der Waals surface area (Å²) in [5.41, 5.74) is 2.64. The van der Waals surface area contributed by atoms with Crippen molar-refractivity contribution < 1.29 is 13.2 Å². The first kappa shape index (κ1) is 14.9. The van der Waals surface area contributed by atoms with E-state index in [1.54, 1.807) is 7.11 Å². The highest BCUT2D eigenvalue weighted by molar-refractivity contribution is 7.91. The van der Waals surface area contributed by atoms with E-state index < -0.39 is 9.84 Å². The maximum absolute atomic E-state index is 11.8. The number of sulfone groups is 1. The van der Waals surface area contributed by atoms with Crippen molar-refractivity contribution in [2.45, 2.75) is 44.2 Å². The number of aryl methyl sites for hydroxylation is 1. The van der Waals surface area contributed by atoms with Crippen molar-refractivity contribution in [3.05, 3.63) is 29.3 Å². The molecule has 21 heavy (non-hydrogen) atoms. The standard InChI is InChI=1S/C16H23NO3S/c1-20-14-7-8-15-12(10-14)4-2-6-16(15)17-13-5-3-9-21(18,19)11-13/h7-8,10,13,16-17H,2-6,9,11H2,1H3. The summed E-state index contributed by atoms with van der Waals surface area (Å²) in [7, 11) is -1.17. The highest BCUT2D eigenvalue weighted by atomic mass is 32.2. The fourth-order valence-corrected chi connectivity index (χ4v) is 5.18. The highest BCUT2D eigenvalue weighted by Gasteiger charge is 2.28. The van der Waals surface area contributed by atoms with E-state index in [-0.39, 0.29) is 17.8 Å². The Bertz CT molecular complexity index is 612. The molecule has 4 nitrogen and oxygen atoms in total. The molecule has 1 aromatic rings. The lowest BCUT2D eigenvalue weighted by Crippen LogP contribution is -2.42. The number of benzene rings is 1. The monoisotopic (exact) mass is 309 g/mol. The van der Waals surface area contributed by atoms with Gasteiger partial charge in [-0.15, -0.1) is 0 Å². The third-order valence-electron chi connectivity index (χ3n) is 4.56. The Labute approximate surface area is 126 Å². The summed E-state index contributed by atoms with van der Waals surface area (Å²) in [6.07, 6.45) is 5.03. The number of methoxy groups -OCH3 is 1. The van der Waals surface area contributed by atoms with Crippen molar-refractivity contribution in [3.63, 3.8) is 0 Å². The Morgan fingerprint density at radius 1 is 1.24 bits per heavy atom. The first-order valence-corrected chi connectivity index (χ1v) is 9.53. The molecule has 2 atom stereocenters. The van der Waals surface area contributed by atoms with E-state index in [0.717, 1.165) is 37.9 Å². The van der Waals surface area contributed by atoms with Gasteiger partial charge in [0.15, 0.2) is 9.84 Å². The van der Waals surface area contributed by atoms with E-state index in [1.807, 2.05) is 6.07 Å². The number of rotatable bonds is 3. The maximum atomic E-state index is 11.8. The fourth-order valence-electron chi connectivity index (χ4n) is 3.53. The molecule has 0 amide bonds. The van der Waals surface area contributed by atoms with Crippen LogP contribution in [0.4, 0.5) is 0 Å². The largest absolute Gasteiger partial charge is 0.497 e. The molecule has 1 aromatic carbocycles. The minimum absolute atomic E-state index is 0.0989. The van der Waals surface area contributed by atoms with Crippen LogP contribution >= 0.6 is 0 Å². The molecule has 1 saturated heterocycles. The number of ether oxygens (including phenoxy) is 1. The molecule has 1 heterocycles. The van der Waals surface area contributed by atoms with Crippen molar-refractivity contribution in [1.82, 2.24) is 5.32 Å². The molecule has 0 bridgehead atoms. The van der Waals surface area contributed by atoms with Gasteiger partial charge in [-0.2, -0.15) is 0 Å². The normalized spacial score (nSPS) is 27.9. The molecule has 2 unspecified atom stereocenters. The van der Waals surface area contributed by atoms with Crippen LogP contribution in [-0.2, 0) is 16.3 Å². The minimum Gasteiger partial charge on any atom is -0.497 e. The van der Waals surface area contributed by atoms with Crippen LogP contribution in [-0.4, -0.2) is 33.1 Å². The average Bonchev–Trinajstić information content (AvgIpc) is 2.46. The zero-order chi connectivity index (χ0) is 14.9. The predicted molar refractivity (Wildman–Crippen MR) is 83.5 cm³/mol. The zero-order valence-corrected chi connectivity index (χ0v) is 13.3. The summed E-state index contributed by atoms with van der Waals surface area (Å²) in [6, 6.07) is 6.61. The number of fused-ring (bicyclic) bond motifs is 1. The van der Waals surface area contributed by atoms with E-state index in [4.69, 9.17) is 4.74 Å². The molecular weight excluding hydrogens is 286 g/mol. The number of nitrogens with one attached hydrogen (secondary N) is 1. The molecule has 0 radical (unpaired) electrons. The summed E-state index contributed by atoms with van der Waals surface area (Å²) in [5, 5.41) is 3.59. The van der Waals surface area contributed by atoms with Gasteiger partial charge in [0.25, 0.3) is 0 Å². The first-order chi connectivity index (χ1) is 10.1. The molecule has 0 spiro atoms. The van der Waals surface area contributed by atoms with Crippen LogP contribution in [0.3, 0.4) is 0 Å². The second kappa shape index (κ2) is 5.97. The van der Waals surface area contributed by atoms with Crippen molar-refractivity contribution in [2.24, 2.45) is 0 Å². The number of hydrogen-bond acceptors (Lipinski definition) is 4. The second-order valence-electron chi connectivity index (χ2n) is 6.13. The van der Waals surface area contributed by atoms with Crippen LogP contribution in [0.5, 0.6) is 5.75 Å². The Balaban J connectivity index is 1.76. The quantitative estimate of drug-likeness (QED) is 0.930. The predicted octanol–water partition coefficient (Wildman–Crippen LogP) is 2.24. The summed E-state index contributed by atoms with van der Waals surface area (Å²) in [5.74, 6) is 1.54. The second-order valence-corrected chi connectivity index (χ2v) is 8.36. The van der Waals surface area contributed by atoms with Gasteiger partial charge in [0.2, 0.25) is 0 Å². The summed E-state index contributed by atoms with van der Waals surface area (Å²) < 4.78 is 28.8. The van der Waals surface area contributed by atoms with Gasteiger partial charge in [-0.1, -0.05) is 6.07 Å². The topological polar surface area (TPSA) is 55.4 Å². The lowest BCUT2D eigenvalue weighted by Gasteiger charge is -2.32. The van der Waals surface area contributed by atoms with Crippen LogP contribution < -0.4 is 10.1 Å². The molecule has 0 aromatic heterocycles. The van der Waals surface area contributed by atoms with Crippen LogP contribution in [0.15, 0.2) is 18.2 Å². The van der Waals surface area contributed by atoms with Crippen LogP contribution in [0.1, 0.15) is 42.9 Å². The highest BCUT2D eigenvalue weighted by Crippen LogP contribution is 2.33. The molecule has 2 aliphatic rings. The Morgan fingerprint density at radius 2 is 2.10 bits per heavy atom. The van der Waals surface area contributed by atoms with Crippen LogP contribution in [0.2, 0.25) is 0 Å². The lowest BCUT2D eigenvalue weighted by molar-refractivity contribution is 0.383. The molecule has 3 rings (SSSR count). The van der Waals surface area contributed by atoms with Crippen molar-refractivity contribution in [1.29, 1.82) is 0 Å². The molecule has 1 fully saturated rings. The van der Waals surface area contributed by atoms with E-state index in [0.29, 0.717) is 5.75 Å². The zero-order valence-electron chi connectivity index (χ0n) is 12.5. The molecule has 1 aliphatic heterocycles. The smallest absolute Gasteiger partial charge is 0.151 e. The molecule has 1 aliphatic carbocycles. The van der Waals surface area contributed by atoms with Crippen molar-refractivity contribution in [2.75, 3.05) is 18.6 Å². The van der Waals surface area contributed by atoms with Gasteiger partial charge in [-0.05, 0) is 55.4 Å². The molecule has 0 saturated carbocycles. The molecule has 5 heteroatoms. The summed E-state index contributed by atoms with van der Waals surface area (Å²) >= 11 is 0. The molecule has 116 valence electrons. The Kier molecular flexibility index (Phi) is 4.22. The van der Waals surface area contributed by atoms with Gasteiger partial charge in [-0.25, -0.2) is 8.42 Å². The number of hydrogen-bond donors (Lipinski definition) is 1. The Morgan fingerprint density at radius 3 is 2.86 bits per heavy atom. The third-order valence-corrected chi connectivity index (χ3v) is 6.39. The van der Waals surface area contributed by atoms with Gasteiger partial charge in [0.1, 0.15) is 5.75 Å². The van der Waals surface area contributed by atoms with E-state index >= 15 is 0 Å².